The molecule has 1 aliphatic carbocycles. The first-order valence-electron chi connectivity index (χ1n) is 6.84. The number of alkyl halides is 5. The number of benzene rings is 1. The van der Waals surface area contributed by atoms with E-state index >= 15 is 0 Å². The molecule has 0 unspecified atom stereocenters. The Morgan fingerprint density at radius 1 is 1.14 bits per heavy atom. The van der Waals surface area contributed by atoms with Crippen LogP contribution in [0.4, 0.5) is 26.3 Å². The van der Waals surface area contributed by atoms with Crippen LogP contribution in [0.2, 0.25) is 0 Å². The Morgan fingerprint density at radius 2 is 1.64 bits per heavy atom. The first kappa shape index (κ1) is 17.0. The van der Waals surface area contributed by atoms with Crippen LogP contribution in [0.1, 0.15) is 49.3 Å². The Balaban J connectivity index is 2.68. The van der Waals surface area contributed by atoms with Gasteiger partial charge in [0.05, 0.1) is 5.41 Å². The highest BCUT2D eigenvalue weighted by Crippen LogP contribution is 2.64. The first-order valence-corrected chi connectivity index (χ1v) is 6.84. The smallest absolute Gasteiger partial charge is 0.454 e. The highest BCUT2D eigenvalue weighted by molar-refractivity contribution is 5.50. The average Bonchev–Trinajstić information content (AvgIpc) is 3.16. The minimum Gasteiger partial charge on any atom is -0.505 e. The summed E-state index contributed by atoms with van der Waals surface area (Å²) in [5.41, 5.74) is -3.13. The van der Waals surface area contributed by atoms with Crippen LogP contribution in [0.15, 0.2) is 6.07 Å². The third kappa shape index (κ3) is 2.16. The van der Waals surface area contributed by atoms with E-state index in [1.165, 1.54) is 0 Å². The van der Waals surface area contributed by atoms with E-state index < -0.39 is 35.0 Å². The summed E-state index contributed by atoms with van der Waals surface area (Å²) in [5.74, 6) is -7.18. The predicted octanol–water partition coefficient (Wildman–Crippen LogP) is 5.19. The van der Waals surface area contributed by atoms with Gasteiger partial charge in [-0.25, -0.2) is 4.39 Å². The van der Waals surface area contributed by atoms with Crippen LogP contribution in [0.5, 0.6) is 5.75 Å². The van der Waals surface area contributed by atoms with Gasteiger partial charge in [-0.2, -0.15) is 22.0 Å². The van der Waals surface area contributed by atoms with E-state index in [0.29, 0.717) is 0 Å². The van der Waals surface area contributed by atoms with E-state index in [-0.39, 0.29) is 29.5 Å². The third-order valence-corrected chi connectivity index (χ3v) is 4.36. The minimum atomic E-state index is -5.71. The summed E-state index contributed by atoms with van der Waals surface area (Å²) in [7, 11) is 0. The fraction of sp³-hybridized carbons (Fsp3) is 0.600. The number of rotatable bonds is 3. The lowest BCUT2D eigenvalue weighted by atomic mass is 9.82. The Bertz CT molecular complexity index is 599. The molecule has 7 heteroatoms. The summed E-state index contributed by atoms with van der Waals surface area (Å²) in [6, 6.07) is 1.09. The van der Waals surface area contributed by atoms with Gasteiger partial charge >= 0.3 is 12.1 Å². The lowest BCUT2D eigenvalue weighted by molar-refractivity contribution is -0.296. The van der Waals surface area contributed by atoms with Crippen molar-refractivity contribution in [2.45, 2.75) is 57.0 Å². The highest BCUT2D eigenvalue weighted by Gasteiger charge is 2.75. The Labute approximate surface area is 123 Å². The number of halogens is 6. The van der Waals surface area contributed by atoms with Gasteiger partial charge in [0.2, 0.25) is 0 Å². The molecule has 2 rings (SSSR count). The van der Waals surface area contributed by atoms with Gasteiger partial charge in [-0.1, -0.05) is 19.9 Å². The average molecular weight is 326 g/mol. The van der Waals surface area contributed by atoms with Gasteiger partial charge in [0.25, 0.3) is 0 Å². The lowest BCUT2D eigenvalue weighted by Gasteiger charge is -2.31. The van der Waals surface area contributed by atoms with E-state index in [2.05, 4.69) is 0 Å². The van der Waals surface area contributed by atoms with Crippen molar-refractivity contribution in [1.29, 1.82) is 0 Å². The molecule has 1 N–H and O–H groups in total. The van der Waals surface area contributed by atoms with Gasteiger partial charge in [0.1, 0.15) is 0 Å². The number of phenolic OH excluding ortho intramolecular Hbond substituents is 1. The molecule has 124 valence electrons. The molecule has 22 heavy (non-hydrogen) atoms. The van der Waals surface area contributed by atoms with E-state index in [0.717, 1.165) is 13.0 Å². The van der Waals surface area contributed by atoms with Crippen LogP contribution in [-0.2, 0) is 5.41 Å². The third-order valence-electron chi connectivity index (χ3n) is 4.36. The molecule has 0 aliphatic heterocycles. The van der Waals surface area contributed by atoms with Crippen molar-refractivity contribution >= 4 is 0 Å². The normalized spacial score (nSPS) is 17.9. The van der Waals surface area contributed by atoms with Crippen molar-refractivity contribution in [2.75, 3.05) is 0 Å². The molecule has 0 aromatic heterocycles. The maximum atomic E-state index is 14.1. The minimum absolute atomic E-state index is 0.0300. The Hall–Kier alpha value is -1.40. The SMILES string of the molecule is Cc1c(C2(C(F)(F)C(F)(F)F)CC2)cc(C(C)C)c(O)c1F. The molecule has 0 saturated heterocycles. The molecule has 1 fully saturated rings. The zero-order valence-corrected chi connectivity index (χ0v) is 12.3. The van der Waals surface area contributed by atoms with Crippen LogP contribution < -0.4 is 0 Å². The van der Waals surface area contributed by atoms with E-state index in [1.54, 1.807) is 13.8 Å². The topological polar surface area (TPSA) is 20.2 Å². The summed E-state index contributed by atoms with van der Waals surface area (Å²) in [4.78, 5) is 0. The van der Waals surface area contributed by atoms with Gasteiger partial charge in [-0.3, -0.25) is 0 Å². The van der Waals surface area contributed by atoms with Crippen molar-refractivity contribution in [3.8, 4) is 5.75 Å². The second-order valence-electron chi connectivity index (χ2n) is 6.11. The van der Waals surface area contributed by atoms with Gasteiger partial charge in [0.15, 0.2) is 11.6 Å². The zero-order chi connectivity index (χ0) is 17.1. The molecule has 0 bridgehead atoms. The molecule has 1 saturated carbocycles. The first-order chi connectivity index (χ1) is 9.87. The summed E-state index contributed by atoms with van der Waals surface area (Å²) in [5, 5.41) is 9.74. The van der Waals surface area contributed by atoms with Crippen molar-refractivity contribution in [2.24, 2.45) is 0 Å². The van der Waals surface area contributed by atoms with Crippen LogP contribution in [0.25, 0.3) is 0 Å². The number of hydrogen-bond acceptors (Lipinski definition) is 1. The maximum absolute atomic E-state index is 14.1. The summed E-state index contributed by atoms with van der Waals surface area (Å²) in [6.45, 7) is 4.30. The molecule has 0 atom stereocenters. The van der Waals surface area contributed by atoms with E-state index in [9.17, 15) is 31.4 Å². The fourth-order valence-electron chi connectivity index (χ4n) is 2.84. The van der Waals surface area contributed by atoms with Crippen LogP contribution in [0, 0.1) is 12.7 Å². The highest BCUT2D eigenvalue weighted by atomic mass is 19.4. The molecule has 0 amide bonds. The number of phenols is 1. The maximum Gasteiger partial charge on any atom is 0.454 e. The van der Waals surface area contributed by atoms with Crippen molar-refractivity contribution in [3.05, 3.63) is 28.6 Å². The van der Waals surface area contributed by atoms with Crippen LogP contribution in [-0.4, -0.2) is 17.2 Å². The predicted molar refractivity (Wildman–Crippen MR) is 68.8 cm³/mol. The van der Waals surface area contributed by atoms with Gasteiger partial charge in [-0.05, 0) is 42.4 Å². The van der Waals surface area contributed by atoms with Crippen molar-refractivity contribution in [1.82, 2.24) is 0 Å². The van der Waals surface area contributed by atoms with Gasteiger partial charge in [-0.15, -0.1) is 0 Å². The Kier molecular flexibility index (Phi) is 3.70. The second-order valence-corrected chi connectivity index (χ2v) is 6.11. The summed E-state index contributed by atoms with van der Waals surface area (Å²) < 4.78 is 80.1. The van der Waals surface area contributed by atoms with Crippen molar-refractivity contribution in [3.63, 3.8) is 0 Å². The molecule has 1 aliphatic rings. The molecular weight excluding hydrogens is 310 g/mol. The second kappa shape index (κ2) is 4.80. The number of aromatic hydroxyl groups is 1. The van der Waals surface area contributed by atoms with Gasteiger partial charge < -0.3 is 5.11 Å². The fourth-order valence-corrected chi connectivity index (χ4v) is 2.84. The molecule has 1 nitrogen and oxygen atoms in total. The van der Waals surface area contributed by atoms with E-state index in [4.69, 9.17) is 0 Å². The molecule has 0 spiro atoms. The number of hydrogen-bond donors (Lipinski definition) is 1. The van der Waals surface area contributed by atoms with Crippen LogP contribution in [0.3, 0.4) is 0 Å². The monoisotopic (exact) mass is 326 g/mol. The molecule has 1 aromatic carbocycles. The van der Waals surface area contributed by atoms with Crippen LogP contribution >= 0.6 is 0 Å². The summed E-state index contributed by atoms with van der Waals surface area (Å²) in [6.07, 6.45) is -6.45. The van der Waals surface area contributed by atoms with Crippen molar-refractivity contribution < 1.29 is 31.4 Å². The zero-order valence-electron chi connectivity index (χ0n) is 12.3. The Morgan fingerprint density at radius 3 is 2.00 bits per heavy atom. The molecule has 0 heterocycles. The quantitative estimate of drug-likeness (QED) is 0.758. The molecule has 0 radical (unpaired) electrons. The lowest BCUT2D eigenvalue weighted by Crippen LogP contribution is -2.47. The molecule has 1 aromatic rings. The van der Waals surface area contributed by atoms with E-state index in [1.807, 2.05) is 0 Å². The van der Waals surface area contributed by atoms with Gasteiger partial charge in [0, 0.05) is 0 Å². The molecular formula is C15H16F6O. The standard InChI is InChI=1S/C15H16F6O/c1-7(2)9-6-10(8(3)11(16)12(9)22)13(4-5-13)14(17,18)15(19,20)21/h6-7,22H,4-5H2,1-3H3. The summed E-state index contributed by atoms with van der Waals surface area (Å²) >= 11 is 0. The largest absolute Gasteiger partial charge is 0.505 e.